The number of hydrogen-bond acceptors (Lipinski definition) is 4. The number of nitrogens with two attached hydrogens (primary N) is 1. The third-order valence-corrected chi connectivity index (χ3v) is 3.11. The number of nitrogens with zero attached hydrogens (tertiary/aromatic N) is 2. The van der Waals surface area contributed by atoms with Crippen molar-refractivity contribution in [1.29, 1.82) is 0 Å². The SMILES string of the molecule is Nc1nccc(Cl)c1C#CCCN1CCOCC1. The average Bonchev–Trinajstić information content (AvgIpc) is 2.38. The molecule has 0 unspecified atom stereocenters. The summed E-state index contributed by atoms with van der Waals surface area (Å²) in [5.74, 6) is 6.48. The highest BCUT2D eigenvalue weighted by Gasteiger charge is 2.08. The van der Waals surface area contributed by atoms with Crippen LogP contribution in [0.1, 0.15) is 12.0 Å². The van der Waals surface area contributed by atoms with Crippen LogP contribution in [0.2, 0.25) is 5.02 Å². The summed E-state index contributed by atoms with van der Waals surface area (Å²) in [6.45, 7) is 4.55. The standard InChI is InChI=1S/C13H16ClN3O/c14-12-4-5-16-13(15)11(12)3-1-2-6-17-7-9-18-10-8-17/h4-5H,2,6-10H2,(H2,15,16). The molecule has 2 heterocycles. The minimum absolute atomic E-state index is 0.390. The van der Waals surface area contributed by atoms with Crippen LogP contribution in [0.4, 0.5) is 5.82 Å². The Hall–Kier alpha value is -1.28. The summed E-state index contributed by atoms with van der Waals surface area (Å²) < 4.78 is 5.29. The van der Waals surface area contributed by atoms with E-state index in [0.717, 1.165) is 39.3 Å². The maximum atomic E-state index is 6.01. The van der Waals surface area contributed by atoms with Crippen molar-refractivity contribution in [2.75, 3.05) is 38.6 Å². The highest BCUT2D eigenvalue weighted by atomic mass is 35.5. The Kier molecular flexibility index (Phi) is 4.82. The van der Waals surface area contributed by atoms with E-state index < -0.39 is 0 Å². The molecule has 1 saturated heterocycles. The molecule has 1 aliphatic rings. The summed E-state index contributed by atoms with van der Waals surface area (Å²) in [6, 6.07) is 1.70. The van der Waals surface area contributed by atoms with Crippen molar-refractivity contribution in [3.05, 3.63) is 22.8 Å². The lowest BCUT2D eigenvalue weighted by Gasteiger charge is -2.25. The lowest BCUT2D eigenvalue weighted by molar-refractivity contribution is 0.0390. The van der Waals surface area contributed by atoms with Crippen molar-refractivity contribution in [1.82, 2.24) is 9.88 Å². The summed E-state index contributed by atoms with van der Waals surface area (Å²) >= 11 is 6.01. The van der Waals surface area contributed by atoms with Crippen molar-refractivity contribution in [3.8, 4) is 11.8 Å². The topological polar surface area (TPSA) is 51.4 Å². The van der Waals surface area contributed by atoms with Gasteiger partial charge in [-0.15, -0.1) is 0 Å². The lowest BCUT2D eigenvalue weighted by atomic mass is 10.2. The smallest absolute Gasteiger partial charge is 0.140 e. The van der Waals surface area contributed by atoms with Crippen LogP contribution in [0.25, 0.3) is 0 Å². The molecule has 18 heavy (non-hydrogen) atoms. The molecular formula is C13H16ClN3O. The van der Waals surface area contributed by atoms with Gasteiger partial charge in [0.2, 0.25) is 0 Å². The van der Waals surface area contributed by atoms with Gasteiger partial charge in [-0.05, 0) is 6.07 Å². The predicted molar refractivity (Wildman–Crippen MR) is 72.4 cm³/mol. The molecule has 1 fully saturated rings. The largest absolute Gasteiger partial charge is 0.383 e. The third kappa shape index (κ3) is 3.61. The van der Waals surface area contributed by atoms with Crippen LogP contribution in [0.3, 0.4) is 0 Å². The van der Waals surface area contributed by atoms with Gasteiger partial charge in [-0.2, -0.15) is 0 Å². The molecule has 5 heteroatoms. The second-order valence-corrected chi connectivity index (χ2v) is 4.47. The molecule has 2 rings (SSSR count). The molecule has 1 aliphatic heterocycles. The van der Waals surface area contributed by atoms with E-state index in [9.17, 15) is 0 Å². The average molecular weight is 266 g/mol. The first-order chi connectivity index (χ1) is 8.77. The molecule has 0 radical (unpaired) electrons. The van der Waals surface area contributed by atoms with Crippen LogP contribution in [-0.2, 0) is 4.74 Å². The quantitative estimate of drug-likeness (QED) is 0.821. The van der Waals surface area contributed by atoms with Crippen LogP contribution < -0.4 is 5.73 Å². The van der Waals surface area contributed by atoms with Gasteiger partial charge in [0.1, 0.15) is 5.82 Å². The van der Waals surface area contributed by atoms with E-state index >= 15 is 0 Å². The Labute approximate surface area is 112 Å². The number of nitrogen functional groups attached to an aromatic ring is 1. The molecule has 0 aliphatic carbocycles. The van der Waals surface area contributed by atoms with Crippen molar-refractivity contribution < 1.29 is 4.74 Å². The zero-order chi connectivity index (χ0) is 12.8. The Balaban J connectivity index is 1.88. The number of hydrogen-bond donors (Lipinski definition) is 1. The van der Waals surface area contributed by atoms with Crippen molar-refractivity contribution in [2.45, 2.75) is 6.42 Å². The summed E-state index contributed by atoms with van der Waals surface area (Å²) in [6.07, 6.45) is 2.38. The first kappa shape index (κ1) is 13.2. The summed E-state index contributed by atoms with van der Waals surface area (Å²) in [7, 11) is 0. The number of anilines is 1. The zero-order valence-corrected chi connectivity index (χ0v) is 10.9. The minimum atomic E-state index is 0.390. The number of rotatable bonds is 2. The Bertz CT molecular complexity index is 441. The minimum Gasteiger partial charge on any atom is -0.383 e. The van der Waals surface area contributed by atoms with E-state index in [-0.39, 0.29) is 0 Å². The van der Waals surface area contributed by atoms with Gasteiger partial charge in [0, 0.05) is 32.3 Å². The molecule has 96 valence electrons. The highest BCUT2D eigenvalue weighted by molar-refractivity contribution is 6.32. The van der Waals surface area contributed by atoms with E-state index in [1.807, 2.05) is 0 Å². The first-order valence-electron chi connectivity index (χ1n) is 5.96. The van der Waals surface area contributed by atoms with Gasteiger partial charge in [0.15, 0.2) is 0 Å². The van der Waals surface area contributed by atoms with Gasteiger partial charge in [0.05, 0.1) is 23.8 Å². The fraction of sp³-hybridized carbons (Fsp3) is 0.462. The van der Waals surface area contributed by atoms with Crippen LogP contribution in [0.15, 0.2) is 12.3 Å². The number of aromatic nitrogens is 1. The number of morpholine rings is 1. The Morgan fingerprint density at radius 3 is 2.94 bits per heavy atom. The second-order valence-electron chi connectivity index (χ2n) is 4.06. The van der Waals surface area contributed by atoms with Crippen molar-refractivity contribution in [3.63, 3.8) is 0 Å². The first-order valence-corrected chi connectivity index (χ1v) is 6.34. The van der Waals surface area contributed by atoms with E-state index in [1.54, 1.807) is 12.3 Å². The van der Waals surface area contributed by atoms with Gasteiger partial charge >= 0.3 is 0 Å². The molecule has 0 saturated carbocycles. The summed E-state index contributed by atoms with van der Waals surface area (Å²) in [4.78, 5) is 6.31. The zero-order valence-electron chi connectivity index (χ0n) is 10.2. The van der Waals surface area contributed by atoms with E-state index in [4.69, 9.17) is 22.1 Å². The fourth-order valence-electron chi connectivity index (χ4n) is 1.77. The van der Waals surface area contributed by atoms with Crippen LogP contribution in [0, 0.1) is 11.8 Å². The summed E-state index contributed by atoms with van der Waals surface area (Å²) in [5.41, 5.74) is 6.35. The molecule has 1 aromatic heterocycles. The predicted octanol–water partition coefficient (Wildman–Crippen LogP) is 1.39. The van der Waals surface area contributed by atoms with Crippen molar-refractivity contribution >= 4 is 17.4 Å². The van der Waals surface area contributed by atoms with Gasteiger partial charge in [-0.25, -0.2) is 4.98 Å². The van der Waals surface area contributed by atoms with Crippen LogP contribution >= 0.6 is 11.6 Å². The maximum absolute atomic E-state index is 6.01. The summed E-state index contributed by atoms with van der Waals surface area (Å²) in [5, 5.41) is 0.557. The molecule has 4 nitrogen and oxygen atoms in total. The van der Waals surface area contributed by atoms with E-state index in [0.29, 0.717) is 16.4 Å². The van der Waals surface area contributed by atoms with E-state index in [2.05, 4.69) is 21.7 Å². The monoisotopic (exact) mass is 265 g/mol. The number of ether oxygens (including phenoxy) is 1. The number of halogens is 1. The van der Waals surface area contributed by atoms with Crippen molar-refractivity contribution in [2.24, 2.45) is 0 Å². The third-order valence-electron chi connectivity index (χ3n) is 2.80. The Morgan fingerprint density at radius 2 is 2.22 bits per heavy atom. The molecule has 0 amide bonds. The maximum Gasteiger partial charge on any atom is 0.140 e. The molecule has 0 aromatic carbocycles. The fourth-order valence-corrected chi connectivity index (χ4v) is 1.97. The lowest BCUT2D eigenvalue weighted by Crippen LogP contribution is -2.36. The van der Waals surface area contributed by atoms with Crippen LogP contribution in [-0.4, -0.2) is 42.7 Å². The molecule has 2 N–H and O–H groups in total. The van der Waals surface area contributed by atoms with Gasteiger partial charge in [0.25, 0.3) is 0 Å². The Morgan fingerprint density at radius 1 is 1.44 bits per heavy atom. The molecule has 1 aromatic rings. The molecular weight excluding hydrogens is 250 g/mol. The molecule has 0 bridgehead atoms. The van der Waals surface area contributed by atoms with Gasteiger partial charge in [-0.3, -0.25) is 4.90 Å². The molecule has 0 spiro atoms. The number of pyridine rings is 1. The molecule has 0 atom stereocenters. The highest BCUT2D eigenvalue weighted by Crippen LogP contribution is 2.17. The van der Waals surface area contributed by atoms with Gasteiger partial charge < -0.3 is 10.5 Å². The van der Waals surface area contributed by atoms with Crippen LogP contribution in [0.5, 0.6) is 0 Å². The normalized spacial score (nSPS) is 16.1. The van der Waals surface area contributed by atoms with E-state index in [1.165, 1.54) is 0 Å². The second kappa shape index (κ2) is 6.60. The van der Waals surface area contributed by atoms with Gasteiger partial charge in [-0.1, -0.05) is 23.4 Å².